The third-order valence-electron chi connectivity index (χ3n) is 3.88. The molecule has 0 heterocycles. The van der Waals surface area contributed by atoms with Crippen LogP contribution in [0.1, 0.15) is 68.2 Å². The molecule has 30 heavy (non-hydrogen) atoms. The zero-order chi connectivity index (χ0) is 23.5. The van der Waals surface area contributed by atoms with Gasteiger partial charge in [0.1, 0.15) is 0 Å². The molecule has 0 rings (SSSR count). The van der Waals surface area contributed by atoms with Crippen LogP contribution in [0.25, 0.3) is 0 Å². The molecule has 0 aliphatic heterocycles. The highest BCUT2D eigenvalue weighted by atomic mass is 28.4. The van der Waals surface area contributed by atoms with Crippen molar-refractivity contribution in [2.24, 2.45) is 0 Å². The van der Waals surface area contributed by atoms with Crippen LogP contribution in [0.2, 0.25) is 0 Å². The molecular formula is C20H50N2O6Si2. The van der Waals surface area contributed by atoms with Crippen LogP contribution in [0.3, 0.4) is 0 Å². The second-order valence-corrected chi connectivity index (χ2v) is 11.9. The minimum atomic E-state index is -2.63. The summed E-state index contributed by atoms with van der Waals surface area (Å²) in [5.74, 6) is 0. The predicted octanol–water partition coefficient (Wildman–Crippen LogP) is 3.75. The minimum Gasteiger partial charge on any atom is -0.361 e. The lowest BCUT2D eigenvalue weighted by atomic mass is 10.4. The maximum Gasteiger partial charge on any atom is 0.599 e. The van der Waals surface area contributed by atoms with Crippen LogP contribution in [0.15, 0.2) is 0 Å². The summed E-state index contributed by atoms with van der Waals surface area (Å²) in [4.78, 5) is 0. The van der Waals surface area contributed by atoms with E-state index in [1.165, 1.54) is 0 Å². The van der Waals surface area contributed by atoms with Gasteiger partial charge in [-0.15, -0.1) is 0 Å². The smallest absolute Gasteiger partial charge is 0.361 e. The Bertz CT molecular complexity index is 341. The molecule has 8 nitrogen and oxygen atoms in total. The summed E-state index contributed by atoms with van der Waals surface area (Å²) < 4.78 is 38.7. The van der Waals surface area contributed by atoms with Gasteiger partial charge in [-0.05, 0) is 81.6 Å². The summed E-state index contributed by atoms with van der Waals surface area (Å²) in [5, 5.41) is 0. The van der Waals surface area contributed by atoms with E-state index in [0.717, 1.165) is 25.9 Å². The van der Waals surface area contributed by atoms with Gasteiger partial charge >= 0.3 is 17.9 Å². The van der Waals surface area contributed by atoms with Crippen LogP contribution in [0.5, 0.6) is 0 Å². The molecule has 0 spiro atoms. The van der Waals surface area contributed by atoms with Gasteiger partial charge in [0.05, 0.1) is 0 Å². The van der Waals surface area contributed by atoms with Crippen molar-refractivity contribution in [3.63, 3.8) is 0 Å². The summed E-state index contributed by atoms with van der Waals surface area (Å²) in [6, 6.07) is 0. The van der Waals surface area contributed by atoms with Crippen LogP contribution in [0, 0.1) is 0 Å². The molecule has 0 N–H and O–H groups in total. The fraction of sp³-hybridized carbons (Fsp3) is 1.00. The molecule has 0 aromatic carbocycles. The minimum absolute atomic E-state index is 0.615. The molecule has 0 saturated carbocycles. The zero-order valence-corrected chi connectivity index (χ0v) is 23.4. The van der Waals surface area contributed by atoms with E-state index >= 15 is 0 Å². The molecular weight excluding hydrogens is 420 g/mol. The lowest BCUT2D eigenvalue weighted by Gasteiger charge is -2.37. The van der Waals surface area contributed by atoms with Crippen LogP contribution in [-0.4, -0.2) is 93.9 Å². The largest absolute Gasteiger partial charge is 0.599 e. The van der Waals surface area contributed by atoms with Crippen molar-refractivity contribution < 1.29 is 26.6 Å². The number of hydrogen-bond donors (Lipinski definition) is 0. The lowest BCUT2D eigenvalue weighted by molar-refractivity contribution is 0.0165. The molecule has 0 unspecified atom stereocenters. The van der Waals surface area contributed by atoms with Crippen molar-refractivity contribution in [3.05, 3.63) is 0 Å². The first-order valence-corrected chi connectivity index (χ1v) is 14.9. The Labute approximate surface area is 189 Å². The fourth-order valence-corrected chi connectivity index (χ4v) is 7.94. The first kappa shape index (κ1) is 32.3. The van der Waals surface area contributed by atoms with Crippen molar-refractivity contribution in [2.75, 3.05) is 66.8 Å². The van der Waals surface area contributed by atoms with E-state index in [4.69, 9.17) is 26.6 Å². The number of rotatable bonds is 18. The van der Waals surface area contributed by atoms with Gasteiger partial charge in [-0.25, -0.2) is 0 Å². The highest BCUT2D eigenvalue weighted by Crippen LogP contribution is 2.17. The van der Waals surface area contributed by atoms with Gasteiger partial charge in [0.15, 0.2) is 0 Å². The maximum absolute atomic E-state index is 5.90. The summed E-state index contributed by atoms with van der Waals surface area (Å²) in [6.45, 7) is 21.9. The average molecular weight is 471 g/mol. The molecule has 0 fully saturated rings. The molecule has 0 aromatic rings. The van der Waals surface area contributed by atoms with E-state index in [1.807, 2.05) is 60.2 Å². The summed E-state index contributed by atoms with van der Waals surface area (Å²) in [5.41, 5.74) is 0. The summed E-state index contributed by atoms with van der Waals surface area (Å²) in [7, 11) is -1.33. The predicted molar refractivity (Wildman–Crippen MR) is 127 cm³/mol. The SMILES string of the molecule is CCCN(CCC)[Si](OCC)(OCC)OCC.CCO[Si](OCC)(OCC)N(C)C. The van der Waals surface area contributed by atoms with Gasteiger partial charge in [-0.3, -0.25) is 9.13 Å². The Morgan fingerprint density at radius 1 is 0.467 bits per heavy atom. The lowest BCUT2D eigenvalue weighted by Crippen LogP contribution is -2.61. The van der Waals surface area contributed by atoms with Gasteiger partial charge in [-0.2, -0.15) is 0 Å². The zero-order valence-electron chi connectivity index (χ0n) is 21.4. The molecule has 184 valence electrons. The highest BCUT2D eigenvalue weighted by Gasteiger charge is 2.47. The molecule has 0 amide bonds. The van der Waals surface area contributed by atoms with Gasteiger partial charge in [0.25, 0.3) is 0 Å². The number of hydrogen-bond acceptors (Lipinski definition) is 8. The Morgan fingerprint density at radius 3 is 0.933 bits per heavy atom. The molecule has 0 atom stereocenters. The first-order valence-electron chi connectivity index (χ1n) is 11.6. The molecule has 0 radical (unpaired) electrons. The third kappa shape index (κ3) is 11.7. The van der Waals surface area contributed by atoms with E-state index in [2.05, 4.69) is 18.4 Å². The highest BCUT2D eigenvalue weighted by molar-refractivity contribution is 6.57. The summed E-state index contributed by atoms with van der Waals surface area (Å²) >= 11 is 0. The Hall–Kier alpha value is 0.114. The standard InChI is InChI=1S/C12H29NO3Si.C8H21NO3Si/c1-6-11-13(12-7-2)17(14-8-3,15-9-4)16-10-5;1-6-10-13(9(4)5,11-7-2)12-8-3/h6-12H2,1-5H3;6-8H2,1-5H3. The molecule has 0 aliphatic carbocycles. The van der Waals surface area contributed by atoms with Gasteiger partial charge in [-0.1, -0.05) is 13.8 Å². The van der Waals surface area contributed by atoms with Crippen LogP contribution < -0.4 is 0 Å². The van der Waals surface area contributed by atoms with Gasteiger partial charge in [0, 0.05) is 39.6 Å². The van der Waals surface area contributed by atoms with Gasteiger partial charge in [0.2, 0.25) is 0 Å². The van der Waals surface area contributed by atoms with Gasteiger partial charge < -0.3 is 26.6 Å². The molecule has 10 heteroatoms. The van der Waals surface area contributed by atoms with E-state index in [-0.39, 0.29) is 0 Å². The van der Waals surface area contributed by atoms with Crippen LogP contribution in [0.4, 0.5) is 0 Å². The van der Waals surface area contributed by atoms with E-state index in [0.29, 0.717) is 39.6 Å². The van der Waals surface area contributed by atoms with E-state index in [9.17, 15) is 0 Å². The maximum atomic E-state index is 5.90. The topological polar surface area (TPSA) is 61.9 Å². The van der Waals surface area contributed by atoms with Crippen LogP contribution in [-0.2, 0) is 26.6 Å². The Morgan fingerprint density at radius 2 is 0.733 bits per heavy atom. The van der Waals surface area contributed by atoms with Crippen molar-refractivity contribution in [3.8, 4) is 0 Å². The second-order valence-electron chi connectivity index (χ2n) is 6.53. The molecule has 0 bridgehead atoms. The first-order chi connectivity index (χ1) is 14.3. The second kappa shape index (κ2) is 19.8. The molecule has 0 aliphatic rings. The van der Waals surface area contributed by atoms with E-state index < -0.39 is 17.9 Å². The van der Waals surface area contributed by atoms with Crippen molar-refractivity contribution in [2.45, 2.75) is 68.2 Å². The molecule has 0 saturated heterocycles. The van der Waals surface area contributed by atoms with E-state index in [1.54, 1.807) is 0 Å². The fourth-order valence-electron chi connectivity index (χ4n) is 2.93. The van der Waals surface area contributed by atoms with Crippen molar-refractivity contribution >= 4 is 17.9 Å². The third-order valence-corrected chi connectivity index (χ3v) is 10.1. The Balaban J connectivity index is 0. The molecule has 0 aromatic heterocycles. The normalized spacial score (nSPS) is 12.4. The number of nitrogens with zero attached hydrogens (tertiary/aromatic N) is 2. The quantitative estimate of drug-likeness (QED) is 0.281. The summed E-state index contributed by atoms with van der Waals surface area (Å²) in [6.07, 6.45) is 2.17. The van der Waals surface area contributed by atoms with Crippen molar-refractivity contribution in [1.82, 2.24) is 9.13 Å². The monoisotopic (exact) mass is 470 g/mol. The van der Waals surface area contributed by atoms with Crippen molar-refractivity contribution in [1.29, 1.82) is 0 Å². The Kier molecular flexibility index (Phi) is 21.3. The average Bonchev–Trinajstić information content (AvgIpc) is 2.69. The van der Waals surface area contributed by atoms with Crippen LogP contribution >= 0.6 is 0 Å².